The minimum atomic E-state index is -1.54. The van der Waals surface area contributed by atoms with Crippen molar-refractivity contribution in [3.63, 3.8) is 0 Å². The predicted octanol–water partition coefficient (Wildman–Crippen LogP) is 1.34. The van der Waals surface area contributed by atoms with Gasteiger partial charge in [0.15, 0.2) is 6.10 Å². The molecule has 6 heteroatoms. The summed E-state index contributed by atoms with van der Waals surface area (Å²) >= 11 is 5.57. The Morgan fingerprint density at radius 1 is 1.53 bits per heavy atom. The van der Waals surface area contributed by atoms with E-state index in [0.717, 1.165) is 12.1 Å². The third-order valence-electron chi connectivity index (χ3n) is 1.65. The Kier molecular flexibility index (Phi) is 3.88. The maximum Gasteiger partial charge on any atom is 0.334 e. The van der Waals surface area contributed by atoms with Crippen molar-refractivity contribution in [1.82, 2.24) is 0 Å². The third-order valence-corrected chi connectivity index (χ3v) is 1.87. The summed E-state index contributed by atoms with van der Waals surface area (Å²) in [4.78, 5) is 10.3. The van der Waals surface area contributed by atoms with Crippen molar-refractivity contribution >= 4 is 23.3 Å². The number of aliphatic hydroxyl groups is 1. The van der Waals surface area contributed by atoms with E-state index < -0.39 is 17.9 Å². The maximum atomic E-state index is 12.8. The monoisotopic (exact) mass is 233 g/mol. The normalized spacial score (nSPS) is 12.2. The number of nitrogens with one attached hydrogen (secondary N) is 1. The van der Waals surface area contributed by atoms with E-state index in [9.17, 15) is 9.18 Å². The van der Waals surface area contributed by atoms with Crippen LogP contribution in [-0.4, -0.2) is 28.8 Å². The molecule has 1 rings (SSSR count). The molecule has 1 aromatic carbocycles. The van der Waals surface area contributed by atoms with E-state index >= 15 is 0 Å². The molecule has 1 aromatic rings. The first-order valence-corrected chi connectivity index (χ1v) is 4.47. The highest BCUT2D eigenvalue weighted by molar-refractivity contribution is 6.30. The van der Waals surface area contributed by atoms with Crippen LogP contribution in [0.15, 0.2) is 18.2 Å². The zero-order valence-electron chi connectivity index (χ0n) is 7.58. The number of carboxylic acids is 1. The average Bonchev–Trinajstić information content (AvgIpc) is 2.12. The van der Waals surface area contributed by atoms with E-state index in [2.05, 4.69) is 5.32 Å². The molecule has 0 spiro atoms. The predicted molar refractivity (Wildman–Crippen MR) is 53.5 cm³/mol. The number of hydrogen-bond acceptors (Lipinski definition) is 3. The fraction of sp³-hybridized carbons (Fsp3) is 0.222. The van der Waals surface area contributed by atoms with Crippen LogP contribution in [0.25, 0.3) is 0 Å². The summed E-state index contributed by atoms with van der Waals surface area (Å²) in [6, 6.07) is 3.71. The van der Waals surface area contributed by atoms with Crippen LogP contribution in [0.1, 0.15) is 0 Å². The number of rotatable bonds is 4. The first-order valence-electron chi connectivity index (χ1n) is 4.10. The lowest BCUT2D eigenvalue weighted by molar-refractivity contribution is -0.145. The van der Waals surface area contributed by atoms with Crippen LogP contribution in [0.3, 0.4) is 0 Å². The van der Waals surface area contributed by atoms with Crippen molar-refractivity contribution in [2.45, 2.75) is 6.10 Å². The van der Waals surface area contributed by atoms with Crippen molar-refractivity contribution in [3.05, 3.63) is 29.0 Å². The highest BCUT2D eigenvalue weighted by Gasteiger charge is 2.12. The summed E-state index contributed by atoms with van der Waals surface area (Å²) in [7, 11) is 0. The van der Waals surface area contributed by atoms with Gasteiger partial charge in [0, 0.05) is 10.7 Å². The highest BCUT2D eigenvalue weighted by atomic mass is 35.5. The van der Waals surface area contributed by atoms with E-state index in [1.807, 2.05) is 0 Å². The quantitative estimate of drug-likeness (QED) is 0.734. The molecular weight excluding hydrogens is 225 g/mol. The van der Waals surface area contributed by atoms with Gasteiger partial charge >= 0.3 is 5.97 Å². The van der Waals surface area contributed by atoms with Gasteiger partial charge < -0.3 is 15.5 Å². The molecule has 82 valence electrons. The van der Waals surface area contributed by atoms with Gasteiger partial charge in [-0.1, -0.05) is 11.6 Å². The molecule has 0 amide bonds. The molecule has 3 N–H and O–H groups in total. The molecule has 0 saturated heterocycles. The number of aliphatic carboxylic acids is 1. The molecule has 1 unspecified atom stereocenters. The van der Waals surface area contributed by atoms with Crippen molar-refractivity contribution in [2.75, 3.05) is 11.9 Å². The van der Waals surface area contributed by atoms with Crippen LogP contribution in [0.2, 0.25) is 5.02 Å². The van der Waals surface area contributed by atoms with Gasteiger partial charge in [-0.05, 0) is 18.2 Å². The lowest BCUT2D eigenvalue weighted by atomic mass is 10.3. The number of carbonyl (C=O) groups is 1. The van der Waals surface area contributed by atoms with E-state index in [0.29, 0.717) is 5.69 Å². The molecule has 0 bridgehead atoms. The Bertz CT molecular complexity index is 352. The maximum absolute atomic E-state index is 12.8. The van der Waals surface area contributed by atoms with Crippen LogP contribution in [0.4, 0.5) is 10.1 Å². The van der Waals surface area contributed by atoms with Gasteiger partial charge in [0.25, 0.3) is 0 Å². The molecule has 0 aliphatic rings. The number of hydrogen-bond donors (Lipinski definition) is 3. The zero-order valence-corrected chi connectivity index (χ0v) is 8.33. The van der Waals surface area contributed by atoms with E-state index in [1.165, 1.54) is 6.07 Å². The Morgan fingerprint density at radius 2 is 2.20 bits per heavy atom. The van der Waals surface area contributed by atoms with Crippen LogP contribution < -0.4 is 5.32 Å². The average molecular weight is 234 g/mol. The molecule has 4 nitrogen and oxygen atoms in total. The lowest BCUT2D eigenvalue weighted by Gasteiger charge is -2.09. The number of aliphatic hydroxyl groups excluding tert-OH is 1. The molecular formula is C9H9ClFNO3. The second kappa shape index (κ2) is 4.95. The summed E-state index contributed by atoms with van der Waals surface area (Å²) in [5, 5.41) is 20.1. The molecule has 0 radical (unpaired) electrons. The smallest absolute Gasteiger partial charge is 0.334 e. The van der Waals surface area contributed by atoms with Crippen molar-refractivity contribution in [2.24, 2.45) is 0 Å². The number of halogens is 2. The van der Waals surface area contributed by atoms with E-state index in [-0.39, 0.29) is 11.6 Å². The minimum Gasteiger partial charge on any atom is -0.479 e. The van der Waals surface area contributed by atoms with Crippen LogP contribution >= 0.6 is 11.6 Å². The van der Waals surface area contributed by atoms with Gasteiger partial charge in [-0.15, -0.1) is 0 Å². The minimum absolute atomic E-state index is 0.197. The highest BCUT2D eigenvalue weighted by Crippen LogP contribution is 2.17. The van der Waals surface area contributed by atoms with Crippen molar-refractivity contribution in [3.8, 4) is 0 Å². The lowest BCUT2D eigenvalue weighted by Crippen LogP contribution is -2.28. The second-order valence-corrected chi connectivity index (χ2v) is 3.33. The van der Waals surface area contributed by atoms with Crippen LogP contribution in [0.5, 0.6) is 0 Å². The number of carboxylic acid groups (broad SMARTS) is 1. The van der Waals surface area contributed by atoms with Crippen LogP contribution in [0, 0.1) is 5.82 Å². The van der Waals surface area contributed by atoms with E-state index in [1.54, 1.807) is 0 Å². The zero-order chi connectivity index (χ0) is 11.4. The Labute approximate surface area is 90.3 Å². The van der Waals surface area contributed by atoms with Gasteiger partial charge in [-0.3, -0.25) is 0 Å². The molecule has 0 heterocycles. The fourth-order valence-electron chi connectivity index (χ4n) is 0.958. The summed E-state index contributed by atoms with van der Waals surface area (Å²) in [6.45, 7) is -0.213. The number of anilines is 1. The van der Waals surface area contributed by atoms with Gasteiger partial charge in [0.05, 0.1) is 6.54 Å². The van der Waals surface area contributed by atoms with Gasteiger partial charge in [0.1, 0.15) is 5.82 Å². The Morgan fingerprint density at radius 3 is 2.73 bits per heavy atom. The largest absolute Gasteiger partial charge is 0.479 e. The number of benzene rings is 1. The van der Waals surface area contributed by atoms with Crippen LogP contribution in [-0.2, 0) is 4.79 Å². The summed E-state index contributed by atoms with van der Waals surface area (Å²) < 4.78 is 12.8. The van der Waals surface area contributed by atoms with Gasteiger partial charge in [-0.2, -0.15) is 0 Å². The topological polar surface area (TPSA) is 69.6 Å². The molecule has 15 heavy (non-hydrogen) atoms. The van der Waals surface area contributed by atoms with Crippen molar-refractivity contribution in [1.29, 1.82) is 0 Å². The summed E-state index contributed by atoms with van der Waals surface area (Å²) in [5.41, 5.74) is 0.320. The Balaban J connectivity index is 2.61. The molecule has 0 saturated carbocycles. The SMILES string of the molecule is O=C(O)C(O)CNc1cc(F)cc(Cl)c1. The summed E-state index contributed by atoms with van der Waals surface area (Å²) in [5.74, 6) is -1.88. The second-order valence-electron chi connectivity index (χ2n) is 2.89. The molecule has 1 atom stereocenters. The van der Waals surface area contributed by atoms with Crippen molar-refractivity contribution < 1.29 is 19.4 Å². The summed E-state index contributed by atoms with van der Waals surface area (Å²) in [6.07, 6.45) is -1.54. The molecule has 0 fully saturated rings. The van der Waals surface area contributed by atoms with Gasteiger partial charge in [0.2, 0.25) is 0 Å². The third kappa shape index (κ3) is 3.73. The fourth-order valence-corrected chi connectivity index (χ4v) is 1.18. The molecule has 0 aromatic heterocycles. The standard InChI is InChI=1S/C9H9ClFNO3/c10-5-1-6(11)3-7(2-5)12-4-8(13)9(14)15/h1-3,8,12-13H,4H2,(H,14,15). The molecule has 0 aliphatic heterocycles. The van der Waals surface area contributed by atoms with Gasteiger partial charge in [-0.25, -0.2) is 9.18 Å². The Hall–Kier alpha value is -1.33. The first-order chi connectivity index (χ1) is 6.99. The molecule has 0 aliphatic carbocycles. The first kappa shape index (κ1) is 11.7. The van der Waals surface area contributed by atoms with E-state index in [4.69, 9.17) is 21.8 Å².